The van der Waals surface area contributed by atoms with E-state index in [0.717, 1.165) is 11.3 Å². The third-order valence-electron chi connectivity index (χ3n) is 2.51. The van der Waals surface area contributed by atoms with Crippen LogP contribution >= 0.6 is 11.3 Å². The zero-order valence-corrected chi connectivity index (χ0v) is 10.8. The summed E-state index contributed by atoms with van der Waals surface area (Å²) in [5.74, 6) is 1.43. The van der Waals surface area contributed by atoms with E-state index in [9.17, 15) is 0 Å². The predicted octanol–water partition coefficient (Wildman–Crippen LogP) is 0.772. The van der Waals surface area contributed by atoms with Crippen molar-refractivity contribution in [2.24, 2.45) is 5.73 Å². The first-order valence-corrected chi connectivity index (χ1v) is 6.50. The van der Waals surface area contributed by atoms with Gasteiger partial charge in [0, 0.05) is 12.1 Å². The minimum absolute atomic E-state index is 0.467. The minimum atomic E-state index is 0.467. The average molecular weight is 276 g/mol. The Bertz CT molecular complexity index is 689. The van der Waals surface area contributed by atoms with Gasteiger partial charge in [-0.2, -0.15) is 4.52 Å². The molecule has 0 atom stereocenters. The van der Waals surface area contributed by atoms with E-state index in [1.165, 1.54) is 11.3 Å². The molecule has 7 nitrogen and oxygen atoms in total. The molecular formula is C11H12N6OS. The standard InChI is InChI=1S/C11H12N6OS/c12-5-6-18-8-3-1-7(2-4-8)9-14-15-11-17(9)16-10(13)19-11/h1-4H,5-6,12H2,(H2,13,16). The highest BCUT2D eigenvalue weighted by Crippen LogP contribution is 2.24. The molecule has 19 heavy (non-hydrogen) atoms. The first kappa shape index (κ1) is 11.9. The van der Waals surface area contributed by atoms with E-state index in [1.807, 2.05) is 24.3 Å². The number of ether oxygens (including phenoxy) is 1. The zero-order valence-electron chi connectivity index (χ0n) is 9.98. The van der Waals surface area contributed by atoms with Crippen LogP contribution in [0.4, 0.5) is 5.13 Å². The van der Waals surface area contributed by atoms with Crippen molar-refractivity contribution in [3.05, 3.63) is 24.3 Å². The smallest absolute Gasteiger partial charge is 0.236 e. The summed E-state index contributed by atoms with van der Waals surface area (Å²) in [5, 5.41) is 12.8. The van der Waals surface area contributed by atoms with Gasteiger partial charge in [-0.25, -0.2) is 0 Å². The molecule has 2 heterocycles. The maximum absolute atomic E-state index is 5.65. The van der Waals surface area contributed by atoms with Crippen molar-refractivity contribution >= 4 is 21.4 Å². The normalized spacial score (nSPS) is 11.0. The zero-order chi connectivity index (χ0) is 13.2. The van der Waals surface area contributed by atoms with E-state index in [-0.39, 0.29) is 0 Å². The van der Waals surface area contributed by atoms with Crippen LogP contribution in [0.5, 0.6) is 5.75 Å². The van der Waals surface area contributed by atoms with Gasteiger partial charge in [0.15, 0.2) is 5.82 Å². The molecule has 0 saturated heterocycles. The van der Waals surface area contributed by atoms with Gasteiger partial charge >= 0.3 is 0 Å². The van der Waals surface area contributed by atoms with Gasteiger partial charge < -0.3 is 16.2 Å². The summed E-state index contributed by atoms with van der Waals surface area (Å²) >= 11 is 1.30. The number of benzene rings is 1. The van der Waals surface area contributed by atoms with Gasteiger partial charge in [0.2, 0.25) is 10.1 Å². The Kier molecular flexibility index (Phi) is 3.02. The molecule has 8 heteroatoms. The highest BCUT2D eigenvalue weighted by molar-refractivity contribution is 7.20. The Morgan fingerprint density at radius 2 is 2.00 bits per heavy atom. The van der Waals surface area contributed by atoms with Crippen molar-refractivity contribution in [2.75, 3.05) is 18.9 Å². The largest absolute Gasteiger partial charge is 0.492 e. The molecule has 0 aliphatic rings. The highest BCUT2D eigenvalue weighted by atomic mass is 32.1. The number of hydrogen-bond acceptors (Lipinski definition) is 7. The summed E-state index contributed by atoms with van der Waals surface area (Å²) in [4.78, 5) is 0.677. The van der Waals surface area contributed by atoms with Crippen molar-refractivity contribution in [3.8, 4) is 17.1 Å². The molecule has 0 aliphatic heterocycles. The molecule has 0 radical (unpaired) electrons. The monoisotopic (exact) mass is 276 g/mol. The Balaban J connectivity index is 1.93. The Hall–Kier alpha value is -2.19. The number of fused-ring (bicyclic) bond motifs is 1. The molecular weight excluding hydrogens is 264 g/mol. The summed E-state index contributed by atoms with van der Waals surface area (Å²) in [5.41, 5.74) is 11.9. The fourth-order valence-electron chi connectivity index (χ4n) is 1.69. The molecule has 3 rings (SSSR count). The third-order valence-corrected chi connectivity index (χ3v) is 3.23. The fraction of sp³-hybridized carbons (Fsp3) is 0.182. The molecule has 2 aromatic heterocycles. The van der Waals surface area contributed by atoms with Gasteiger partial charge in [0.05, 0.1) is 0 Å². The number of nitrogen functional groups attached to an aromatic ring is 1. The molecule has 0 unspecified atom stereocenters. The Morgan fingerprint density at radius 1 is 1.21 bits per heavy atom. The molecule has 98 valence electrons. The predicted molar refractivity (Wildman–Crippen MR) is 73.1 cm³/mol. The van der Waals surface area contributed by atoms with Gasteiger partial charge in [0.1, 0.15) is 12.4 Å². The fourth-order valence-corrected chi connectivity index (χ4v) is 2.29. The number of nitrogens with zero attached hydrogens (tertiary/aromatic N) is 4. The van der Waals surface area contributed by atoms with Crippen molar-refractivity contribution in [3.63, 3.8) is 0 Å². The second kappa shape index (κ2) is 4.82. The second-order valence-corrected chi connectivity index (χ2v) is 4.81. The van der Waals surface area contributed by atoms with E-state index in [2.05, 4.69) is 15.3 Å². The van der Waals surface area contributed by atoms with Gasteiger partial charge in [-0.3, -0.25) is 0 Å². The van der Waals surface area contributed by atoms with Crippen molar-refractivity contribution in [1.29, 1.82) is 0 Å². The summed E-state index contributed by atoms with van der Waals surface area (Å²) in [6.07, 6.45) is 0. The SMILES string of the molecule is NCCOc1ccc(-c2nnc3sc(N)nn23)cc1. The van der Waals surface area contributed by atoms with Crippen LogP contribution in [0.2, 0.25) is 0 Å². The van der Waals surface area contributed by atoms with Crippen LogP contribution in [0.15, 0.2) is 24.3 Å². The summed E-state index contributed by atoms with van der Waals surface area (Å²) in [7, 11) is 0. The van der Waals surface area contributed by atoms with Gasteiger partial charge in [-0.15, -0.1) is 15.3 Å². The minimum Gasteiger partial charge on any atom is -0.492 e. The van der Waals surface area contributed by atoms with Crippen LogP contribution in [0, 0.1) is 0 Å². The number of anilines is 1. The van der Waals surface area contributed by atoms with E-state index in [4.69, 9.17) is 16.2 Å². The van der Waals surface area contributed by atoms with E-state index < -0.39 is 0 Å². The van der Waals surface area contributed by atoms with Crippen molar-refractivity contribution < 1.29 is 4.74 Å². The molecule has 3 aromatic rings. The third kappa shape index (κ3) is 2.23. The molecule has 0 aliphatic carbocycles. The van der Waals surface area contributed by atoms with Crippen LogP contribution in [-0.2, 0) is 0 Å². The topological polar surface area (TPSA) is 104 Å². The lowest BCUT2D eigenvalue weighted by Crippen LogP contribution is -2.10. The maximum Gasteiger partial charge on any atom is 0.236 e. The number of aromatic nitrogens is 4. The lowest BCUT2D eigenvalue weighted by molar-refractivity contribution is 0.328. The van der Waals surface area contributed by atoms with E-state index in [1.54, 1.807) is 4.52 Å². The maximum atomic E-state index is 5.65. The van der Waals surface area contributed by atoms with Crippen molar-refractivity contribution in [1.82, 2.24) is 19.8 Å². The molecule has 1 aromatic carbocycles. The van der Waals surface area contributed by atoms with Crippen LogP contribution in [0.1, 0.15) is 0 Å². The lowest BCUT2D eigenvalue weighted by Gasteiger charge is -2.04. The molecule has 0 saturated carbocycles. The van der Waals surface area contributed by atoms with Gasteiger partial charge in [-0.1, -0.05) is 11.3 Å². The quantitative estimate of drug-likeness (QED) is 0.729. The Morgan fingerprint density at radius 3 is 2.74 bits per heavy atom. The lowest BCUT2D eigenvalue weighted by atomic mass is 10.2. The molecule has 0 amide bonds. The highest BCUT2D eigenvalue weighted by Gasteiger charge is 2.11. The van der Waals surface area contributed by atoms with E-state index >= 15 is 0 Å². The second-order valence-electron chi connectivity index (χ2n) is 3.82. The first-order chi connectivity index (χ1) is 9.28. The van der Waals surface area contributed by atoms with Gasteiger partial charge in [-0.05, 0) is 24.3 Å². The van der Waals surface area contributed by atoms with Crippen LogP contribution < -0.4 is 16.2 Å². The molecule has 0 bridgehead atoms. The molecule has 0 spiro atoms. The van der Waals surface area contributed by atoms with Crippen molar-refractivity contribution in [2.45, 2.75) is 0 Å². The van der Waals surface area contributed by atoms with Gasteiger partial charge in [0.25, 0.3) is 0 Å². The average Bonchev–Trinajstić information content (AvgIpc) is 2.96. The number of hydrogen-bond donors (Lipinski definition) is 2. The number of rotatable bonds is 4. The summed E-state index contributed by atoms with van der Waals surface area (Å²) < 4.78 is 7.05. The Labute approximate surface area is 112 Å². The summed E-state index contributed by atoms with van der Waals surface area (Å²) in [6, 6.07) is 7.53. The van der Waals surface area contributed by atoms with Crippen LogP contribution in [0.25, 0.3) is 16.3 Å². The van der Waals surface area contributed by atoms with Crippen LogP contribution in [0.3, 0.4) is 0 Å². The summed E-state index contributed by atoms with van der Waals surface area (Å²) in [6.45, 7) is 0.988. The van der Waals surface area contributed by atoms with Crippen LogP contribution in [-0.4, -0.2) is 33.0 Å². The number of nitrogens with two attached hydrogens (primary N) is 2. The first-order valence-electron chi connectivity index (χ1n) is 5.69. The molecule has 0 fully saturated rings. The van der Waals surface area contributed by atoms with E-state index in [0.29, 0.717) is 29.1 Å². The molecule has 4 N–H and O–H groups in total.